The van der Waals surface area contributed by atoms with Crippen molar-refractivity contribution in [3.05, 3.63) is 47.5 Å². The van der Waals surface area contributed by atoms with Crippen LogP contribution in [0.25, 0.3) is 0 Å². The lowest BCUT2D eigenvalue weighted by atomic mass is 9.98. The molecule has 0 saturated carbocycles. The summed E-state index contributed by atoms with van der Waals surface area (Å²) in [4.78, 5) is 15.7. The van der Waals surface area contributed by atoms with Crippen molar-refractivity contribution in [2.75, 3.05) is 7.11 Å². The molecule has 3 rings (SSSR count). The number of rotatable bonds is 4. The lowest BCUT2D eigenvalue weighted by molar-refractivity contribution is -0.142. The summed E-state index contributed by atoms with van der Waals surface area (Å²) in [7, 11) is 1.65. The summed E-state index contributed by atoms with van der Waals surface area (Å²) in [6.45, 7) is 0.738. The molecule has 2 heterocycles. The minimum absolute atomic E-state index is 0.297. The fraction of sp³-hybridized carbons (Fsp3) is 0.375. The van der Waals surface area contributed by atoms with Crippen molar-refractivity contribution in [3.8, 4) is 5.75 Å². The van der Waals surface area contributed by atoms with Crippen LogP contribution >= 0.6 is 0 Å². The molecule has 1 unspecified atom stereocenters. The van der Waals surface area contributed by atoms with Gasteiger partial charge in [0, 0.05) is 25.6 Å². The largest absolute Gasteiger partial charge is 0.497 e. The number of benzene rings is 1. The summed E-state index contributed by atoms with van der Waals surface area (Å²) in [5.41, 5.74) is 2.15. The quantitative estimate of drug-likeness (QED) is 0.935. The first-order chi connectivity index (χ1) is 10.2. The molecule has 0 bridgehead atoms. The Morgan fingerprint density at radius 2 is 2.19 bits per heavy atom. The second-order valence-corrected chi connectivity index (χ2v) is 5.39. The Morgan fingerprint density at radius 3 is 2.86 bits per heavy atom. The Bertz CT molecular complexity index is 646. The van der Waals surface area contributed by atoms with Crippen molar-refractivity contribution < 1.29 is 14.6 Å². The smallest absolute Gasteiger partial charge is 0.307 e. The van der Waals surface area contributed by atoms with Gasteiger partial charge in [-0.1, -0.05) is 12.1 Å². The Balaban J connectivity index is 1.74. The van der Waals surface area contributed by atoms with Gasteiger partial charge >= 0.3 is 5.97 Å². The number of hydrogen-bond acceptors (Lipinski definition) is 3. The first kappa shape index (κ1) is 13.7. The number of aryl methyl sites for hydroxylation is 1. The third-order valence-electron chi connectivity index (χ3n) is 3.95. The van der Waals surface area contributed by atoms with Crippen molar-refractivity contribution in [1.29, 1.82) is 0 Å². The summed E-state index contributed by atoms with van der Waals surface area (Å²) < 4.78 is 7.23. The molecule has 0 amide bonds. The molecule has 0 spiro atoms. The number of methoxy groups -OCH3 is 1. The maximum absolute atomic E-state index is 11.1. The van der Waals surface area contributed by atoms with Crippen LogP contribution in [0.1, 0.15) is 23.5 Å². The van der Waals surface area contributed by atoms with Gasteiger partial charge in [0.05, 0.1) is 18.7 Å². The van der Waals surface area contributed by atoms with Gasteiger partial charge in [-0.15, -0.1) is 0 Å². The van der Waals surface area contributed by atoms with Crippen molar-refractivity contribution >= 4 is 5.97 Å². The van der Waals surface area contributed by atoms with Gasteiger partial charge in [0.15, 0.2) is 0 Å². The number of carboxylic acid groups (broad SMARTS) is 1. The molecule has 1 aliphatic heterocycles. The highest BCUT2D eigenvalue weighted by molar-refractivity contribution is 5.70. The Hall–Kier alpha value is -2.30. The predicted molar refractivity (Wildman–Crippen MR) is 77.5 cm³/mol. The SMILES string of the molecule is COc1ccc(Cc2cn3c(n2)CC(C(=O)O)CC3)cc1. The zero-order valence-corrected chi connectivity index (χ0v) is 12.0. The van der Waals surface area contributed by atoms with Gasteiger partial charge in [0.1, 0.15) is 11.6 Å². The van der Waals surface area contributed by atoms with E-state index in [0.29, 0.717) is 12.8 Å². The topological polar surface area (TPSA) is 64.4 Å². The highest BCUT2D eigenvalue weighted by Crippen LogP contribution is 2.22. The minimum Gasteiger partial charge on any atom is -0.497 e. The van der Waals surface area contributed by atoms with Crippen LogP contribution in [0.5, 0.6) is 5.75 Å². The number of carbonyl (C=O) groups is 1. The van der Waals surface area contributed by atoms with Crippen LogP contribution < -0.4 is 4.74 Å². The standard InChI is InChI=1S/C16H18N2O3/c1-21-14-4-2-11(3-5-14)8-13-10-18-7-6-12(16(19)20)9-15(18)17-13/h2-5,10,12H,6-9H2,1H3,(H,19,20). The second-order valence-electron chi connectivity index (χ2n) is 5.39. The summed E-state index contributed by atoms with van der Waals surface area (Å²) in [6, 6.07) is 7.92. The molecule has 1 aliphatic rings. The van der Waals surface area contributed by atoms with E-state index in [9.17, 15) is 4.79 Å². The number of aromatic nitrogens is 2. The summed E-state index contributed by atoms with van der Waals surface area (Å²) in [6.07, 6.45) is 4.00. The molecule has 0 radical (unpaired) electrons. The zero-order chi connectivity index (χ0) is 14.8. The van der Waals surface area contributed by atoms with E-state index in [1.54, 1.807) is 7.11 Å². The van der Waals surface area contributed by atoms with Gasteiger partial charge in [-0.2, -0.15) is 0 Å². The summed E-state index contributed by atoms with van der Waals surface area (Å²) in [5, 5.41) is 9.11. The van der Waals surface area contributed by atoms with E-state index in [1.165, 1.54) is 5.56 Å². The van der Waals surface area contributed by atoms with Crippen LogP contribution in [0, 0.1) is 5.92 Å². The first-order valence-electron chi connectivity index (χ1n) is 7.06. The van der Waals surface area contributed by atoms with Crippen molar-refractivity contribution in [3.63, 3.8) is 0 Å². The Labute approximate surface area is 123 Å². The van der Waals surface area contributed by atoms with E-state index in [1.807, 2.05) is 30.5 Å². The molecule has 5 heteroatoms. The van der Waals surface area contributed by atoms with E-state index in [-0.39, 0.29) is 5.92 Å². The third-order valence-corrected chi connectivity index (χ3v) is 3.95. The normalized spacial score (nSPS) is 17.3. The van der Waals surface area contributed by atoms with Crippen molar-refractivity contribution in [2.45, 2.75) is 25.8 Å². The second kappa shape index (κ2) is 5.60. The fourth-order valence-electron chi connectivity index (χ4n) is 2.74. The number of imidazole rings is 1. The summed E-state index contributed by atoms with van der Waals surface area (Å²) >= 11 is 0. The van der Waals surface area contributed by atoms with Crippen LogP contribution in [0.3, 0.4) is 0 Å². The molecule has 1 aromatic carbocycles. The molecule has 1 aromatic heterocycles. The average Bonchev–Trinajstić information content (AvgIpc) is 2.89. The number of hydrogen-bond donors (Lipinski definition) is 1. The number of nitrogens with zero attached hydrogens (tertiary/aromatic N) is 2. The van der Waals surface area contributed by atoms with E-state index in [2.05, 4.69) is 9.55 Å². The highest BCUT2D eigenvalue weighted by atomic mass is 16.5. The monoisotopic (exact) mass is 286 g/mol. The molecule has 2 aromatic rings. The van der Waals surface area contributed by atoms with Crippen LogP contribution in [-0.2, 0) is 24.2 Å². The van der Waals surface area contributed by atoms with Gasteiger partial charge in [-0.05, 0) is 24.1 Å². The maximum atomic E-state index is 11.1. The van der Waals surface area contributed by atoms with Gasteiger partial charge in [-0.3, -0.25) is 4.79 Å². The van der Waals surface area contributed by atoms with Gasteiger partial charge in [0.25, 0.3) is 0 Å². The molecular weight excluding hydrogens is 268 g/mol. The highest BCUT2D eigenvalue weighted by Gasteiger charge is 2.25. The van der Waals surface area contributed by atoms with Crippen LogP contribution in [-0.4, -0.2) is 27.7 Å². The van der Waals surface area contributed by atoms with Gasteiger partial charge < -0.3 is 14.4 Å². The van der Waals surface area contributed by atoms with E-state index < -0.39 is 5.97 Å². The lowest BCUT2D eigenvalue weighted by Gasteiger charge is -2.19. The Morgan fingerprint density at radius 1 is 1.43 bits per heavy atom. The summed E-state index contributed by atoms with van der Waals surface area (Å²) in [5.74, 6) is 0.707. The van der Waals surface area contributed by atoms with Gasteiger partial charge in [-0.25, -0.2) is 4.98 Å². The van der Waals surface area contributed by atoms with Gasteiger partial charge in [0.2, 0.25) is 0 Å². The average molecular weight is 286 g/mol. The number of fused-ring (bicyclic) bond motifs is 1. The van der Waals surface area contributed by atoms with Crippen LogP contribution in [0.15, 0.2) is 30.5 Å². The predicted octanol–water partition coefficient (Wildman–Crippen LogP) is 2.13. The van der Waals surface area contributed by atoms with Crippen LogP contribution in [0.4, 0.5) is 0 Å². The minimum atomic E-state index is -0.721. The molecule has 110 valence electrons. The van der Waals surface area contributed by atoms with E-state index in [4.69, 9.17) is 9.84 Å². The van der Waals surface area contributed by atoms with E-state index in [0.717, 1.165) is 30.2 Å². The lowest BCUT2D eigenvalue weighted by Crippen LogP contribution is -2.25. The number of ether oxygens (including phenoxy) is 1. The molecule has 1 atom stereocenters. The molecule has 1 N–H and O–H groups in total. The fourth-order valence-corrected chi connectivity index (χ4v) is 2.74. The molecule has 0 fully saturated rings. The Kier molecular flexibility index (Phi) is 3.64. The zero-order valence-electron chi connectivity index (χ0n) is 12.0. The van der Waals surface area contributed by atoms with Crippen molar-refractivity contribution in [2.24, 2.45) is 5.92 Å². The number of aliphatic carboxylic acids is 1. The number of carboxylic acids is 1. The molecule has 21 heavy (non-hydrogen) atoms. The van der Waals surface area contributed by atoms with E-state index >= 15 is 0 Å². The maximum Gasteiger partial charge on any atom is 0.307 e. The van der Waals surface area contributed by atoms with Crippen LogP contribution in [0.2, 0.25) is 0 Å². The third kappa shape index (κ3) is 2.91. The molecule has 0 saturated heterocycles. The molecule has 5 nitrogen and oxygen atoms in total. The molecular formula is C16H18N2O3. The first-order valence-corrected chi connectivity index (χ1v) is 7.06. The van der Waals surface area contributed by atoms with Crippen molar-refractivity contribution in [1.82, 2.24) is 9.55 Å². The molecule has 0 aliphatic carbocycles.